The Morgan fingerprint density at radius 2 is 1.67 bits per heavy atom. The van der Waals surface area contributed by atoms with Crippen molar-refractivity contribution in [1.82, 2.24) is 5.32 Å². The van der Waals surface area contributed by atoms with Gasteiger partial charge in [0.1, 0.15) is 11.7 Å². The predicted octanol–water partition coefficient (Wildman–Crippen LogP) is 3.05. The second kappa shape index (κ2) is 10.2. The quantitative estimate of drug-likeness (QED) is 0.282. The molecule has 0 saturated carbocycles. The highest BCUT2D eigenvalue weighted by Crippen LogP contribution is 2.23. The van der Waals surface area contributed by atoms with Gasteiger partial charge in [-0.25, -0.2) is 17.2 Å². The molecule has 0 radical (unpaired) electrons. The first-order valence-corrected chi connectivity index (χ1v) is 11.5. The highest BCUT2D eigenvalue weighted by Gasteiger charge is 2.20. The molecule has 10 heteroatoms. The monoisotopic (exact) mass is 472 g/mol. The Morgan fingerprint density at radius 3 is 2.36 bits per heavy atom. The van der Waals surface area contributed by atoms with Gasteiger partial charge >= 0.3 is 0 Å². The van der Waals surface area contributed by atoms with Gasteiger partial charge in [-0.2, -0.15) is 0 Å². The Morgan fingerprint density at radius 1 is 0.970 bits per heavy atom. The van der Waals surface area contributed by atoms with Crippen LogP contribution in [0.2, 0.25) is 0 Å². The Hall–Kier alpha value is -3.79. The number of amidine groups is 1. The molecule has 3 aromatic rings. The number of nitrogen functional groups attached to an aromatic ring is 1. The number of nitrogens with one attached hydrogen (secondary N) is 3. The minimum Gasteiger partial charge on any atom is -0.384 e. The summed E-state index contributed by atoms with van der Waals surface area (Å²) in [5.41, 5.74) is 6.08. The molecule has 172 valence electrons. The van der Waals surface area contributed by atoms with Gasteiger partial charge in [-0.1, -0.05) is 48.5 Å². The number of hydrogen-bond donors (Lipinski definition) is 4. The summed E-state index contributed by atoms with van der Waals surface area (Å²) in [5, 5.41) is 9.99. The lowest BCUT2D eigenvalue weighted by Gasteiger charge is -2.13. The SMILES string of the molecule is N=C(N)c1cccc(CNC(=O)Cc2c(F)ccc(NS(=O)(=O)Cc3ccccc3)c2F)c1. The molecule has 0 heterocycles. The molecule has 0 fully saturated rings. The van der Waals surface area contributed by atoms with Crippen molar-refractivity contribution in [3.05, 3.63) is 101 Å². The van der Waals surface area contributed by atoms with Crippen LogP contribution in [0.3, 0.4) is 0 Å². The highest BCUT2D eigenvalue weighted by molar-refractivity contribution is 7.91. The van der Waals surface area contributed by atoms with Gasteiger partial charge in [0.15, 0.2) is 5.82 Å². The van der Waals surface area contributed by atoms with E-state index in [0.29, 0.717) is 16.7 Å². The van der Waals surface area contributed by atoms with E-state index in [9.17, 15) is 22.0 Å². The summed E-state index contributed by atoms with van der Waals surface area (Å²) in [7, 11) is -3.97. The maximum atomic E-state index is 14.9. The van der Waals surface area contributed by atoms with E-state index in [-0.39, 0.29) is 18.1 Å². The zero-order valence-electron chi connectivity index (χ0n) is 17.4. The minimum atomic E-state index is -3.97. The fraction of sp³-hybridized carbons (Fsp3) is 0.130. The lowest BCUT2D eigenvalue weighted by atomic mass is 10.1. The largest absolute Gasteiger partial charge is 0.384 e. The van der Waals surface area contributed by atoms with E-state index in [1.807, 2.05) is 0 Å². The first-order chi connectivity index (χ1) is 15.6. The van der Waals surface area contributed by atoms with Crippen LogP contribution in [0.1, 0.15) is 22.3 Å². The number of sulfonamides is 1. The number of hydrogen-bond acceptors (Lipinski definition) is 4. The fourth-order valence-corrected chi connectivity index (χ4v) is 4.30. The second-order valence-corrected chi connectivity index (χ2v) is 9.02. The van der Waals surface area contributed by atoms with Gasteiger partial charge in [0.25, 0.3) is 0 Å². The van der Waals surface area contributed by atoms with Crippen molar-refractivity contribution >= 4 is 27.5 Å². The van der Waals surface area contributed by atoms with E-state index in [1.54, 1.807) is 54.6 Å². The summed E-state index contributed by atoms with van der Waals surface area (Å²) in [6.45, 7) is 0.0621. The topological polar surface area (TPSA) is 125 Å². The van der Waals surface area contributed by atoms with E-state index >= 15 is 0 Å². The number of halogens is 2. The number of amides is 1. The predicted molar refractivity (Wildman–Crippen MR) is 122 cm³/mol. The number of rotatable bonds is 9. The molecule has 0 aliphatic heterocycles. The summed E-state index contributed by atoms with van der Waals surface area (Å²) in [5.74, 6) is -3.29. The number of anilines is 1. The standard InChI is InChI=1S/C23H22F2N4O3S/c24-19-9-10-20(29-33(31,32)14-15-5-2-1-3-6-15)22(25)18(19)12-21(30)28-13-16-7-4-8-17(11-16)23(26)27/h1-11,29H,12-14H2,(H3,26,27)(H,28,30). The molecule has 7 nitrogen and oxygen atoms in total. The first kappa shape index (κ1) is 23.9. The number of benzene rings is 3. The zero-order valence-corrected chi connectivity index (χ0v) is 18.3. The van der Waals surface area contributed by atoms with Crippen molar-refractivity contribution in [2.45, 2.75) is 18.7 Å². The van der Waals surface area contributed by atoms with Gasteiger partial charge in [0.05, 0.1) is 17.9 Å². The van der Waals surface area contributed by atoms with Crippen LogP contribution in [0.5, 0.6) is 0 Å². The maximum absolute atomic E-state index is 14.9. The molecule has 0 bridgehead atoms. The van der Waals surface area contributed by atoms with Gasteiger partial charge in [-0.15, -0.1) is 0 Å². The average molecular weight is 473 g/mol. The molecule has 5 N–H and O–H groups in total. The molecule has 0 saturated heterocycles. The van der Waals surface area contributed by atoms with Gasteiger partial charge < -0.3 is 11.1 Å². The van der Waals surface area contributed by atoms with Crippen molar-refractivity contribution in [2.24, 2.45) is 5.73 Å². The molecule has 0 unspecified atom stereocenters. The van der Waals surface area contributed by atoms with Crippen LogP contribution < -0.4 is 15.8 Å². The number of carbonyl (C=O) groups is 1. The Labute approximate surface area is 190 Å². The third-order valence-electron chi connectivity index (χ3n) is 4.72. The van der Waals surface area contributed by atoms with Gasteiger partial charge in [-0.3, -0.25) is 14.9 Å². The van der Waals surface area contributed by atoms with Crippen LogP contribution in [0.15, 0.2) is 66.7 Å². The number of nitrogens with two attached hydrogens (primary N) is 1. The number of carbonyl (C=O) groups excluding carboxylic acids is 1. The Balaban J connectivity index is 1.69. The van der Waals surface area contributed by atoms with Crippen molar-refractivity contribution in [2.75, 3.05) is 4.72 Å². The second-order valence-electron chi connectivity index (χ2n) is 7.30. The van der Waals surface area contributed by atoms with Crippen LogP contribution in [-0.4, -0.2) is 20.2 Å². The highest BCUT2D eigenvalue weighted by atomic mass is 32.2. The molecule has 0 aliphatic carbocycles. The molecular formula is C23H22F2N4O3S. The van der Waals surface area contributed by atoms with Crippen molar-refractivity contribution in [3.8, 4) is 0 Å². The molecule has 33 heavy (non-hydrogen) atoms. The maximum Gasteiger partial charge on any atom is 0.237 e. The van der Waals surface area contributed by atoms with E-state index in [2.05, 4.69) is 10.0 Å². The summed E-state index contributed by atoms with van der Waals surface area (Å²) in [6.07, 6.45) is -0.627. The summed E-state index contributed by atoms with van der Waals surface area (Å²) < 4.78 is 56.0. The molecular weight excluding hydrogens is 450 g/mol. The molecule has 0 aromatic heterocycles. The van der Waals surface area contributed by atoms with Crippen LogP contribution in [0.25, 0.3) is 0 Å². The van der Waals surface area contributed by atoms with E-state index in [1.165, 1.54) is 0 Å². The van der Waals surface area contributed by atoms with Crippen molar-refractivity contribution in [1.29, 1.82) is 5.41 Å². The first-order valence-electron chi connectivity index (χ1n) is 9.86. The normalized spacial score (nSPS) is 11.1. The van der Waals surface area contributed by atoms with E-state index in [4.69, 9.17) is 11.1 Å². The van der Waals surface area contributed by atoms with Gasteiger partial charge in [-0.05, 0) is 29.3 Å². The molecule has 0 aliphatic rings. The van der Waals surface area contributed by atoms with E-state index in [0.717, 1.165) is 12.1 Å². The van der Waals surface area contributed by atoms with E-state index < -0.39 is 45.2 Å². The zero-order chi connectivity index (χ0) is 24.0. The smallest absolute Gasteiger partial charge is 0.237 e. The van der Waals surface area contributed by atoms with Crippen LogP contribution in [0, 0.1) is 17.0 Å². The summed E-state index contributed by atoms with van der Waals surface area (Å²) in [4.78, 5) is 12.3. The molecule has 3 rings (SSSR count). The fourth-order valence-electron chi connectivity index (χ4n) is 3.11. The summed E-state index contributed by atoms with van der Waals surface area (Å²) in [6, 6.07) is 16.8. The molecule has 0 spiro atoms. The summed E-state index contributed by atoms with van der Waals surface area (Å²) >= 11 is 0. The van der Waals surface area contributed by atoms with Crippen molar-refractivity contribution < 1.29 is 22.0 Å². The van der Waals surface area contributed by atoms with Crippen LogP contribution in [0.4, 0.5) is 14.5 Å². The molecule has 0 atom stereocenters. The minimum absolute atomic E-state index is 0.0621. The molecule has 3 aromatic carbocycles. The lowest BCUT2D eigenvalue weighted by molar-refractivity contribution is -0.120. The van der Waals surface area contributed by atoms with Crippen molar-refractivity contribution in [3.63, 3.8) is 0 Å². The lowest BCUT2D eigenvalue weighted by Crippen LogP contribution is -2.26. The molecule has 1 amide bonds. The van der Waals surface area contributed by atoms with Gasteiger partial charge in [0, 0.05) is 17.7 Å². The third-order valence-corrected chi connectivity index (χ3v) is 5.96. The Bertz CT molecular complexity index is 1280. The Kier molecular flexibility index (Phi) is 7.39. The average Bonchev–Trinajstić information content (AvgIpc) is 2.77. The van der Waals surface area contributed by atoms with Crippen LogP contribution in [-0.2, 0) is 33.5 Å². The van der Waals surface area contributed by atoms with Gasteiger partial charge in [0.2, 0.25) is 15.9 Å². The third kappa shape index (κ3) is 6.59. The van der Waals surface area contributed by atoms with Crippen LogP contribution >= 0.6 is 0 Å².